The van der Waals surface area contributed by atoms with Crippen LogP contribution in [0.2, 0.25) is 0 Å². The highest BCUT2D eigenvalue weighted by Crippen LogP contribution is 2.28. The molecule has 0 unspecified atom stereocenters. The lowest BCUT2D eigenvalue weighted by Crippen LogP contribution is -2.07. The molecule has 44 heavy (non-hydrogen) atoms. The Morgan fingerprint density at radius 2 is 0.841 bits per heavy atom. The minimum atomic E-state index is -0.0277. The second kappa shape index (κ2) is 12.9. The van der Waals surface area contributed by atoms with Crippen LogP contribution in [0.5, 0.6) is 11.5 Å². The predicted octanol–water partition coefficient (Wildman–Crippen LogP) is 8.18. The number of nitrogens with zero attached hydrogens (tertiary/aromatic N) is 2. The number of fused-ring (bicyclic) bond motifs is 2. The maximum Gasteiger partial charge on any atom is 0.195 e. The number of aromatic nitrogens is 2. The van der Waals surface area contributed by atoms with Gasteiger partial charge < -0.3 is 9.47 Å². The average molecular weight is 583 g/mol. The monoisotopic (exact) mass is 582 g/mol. The maximum atomic E-state index is 13.0. The van der Waals surface area contributed by atoms with E-state index in [1.165, 1.54) is 0 Å². The van der Waals surface area contributed by atoms with Crippen molar-refractivity contribution in [1.29, 1.82) is 0 Å². The van der Waals surface area contributed by atoms with Crippen molar-refractivity contribution in [2.75, 3.05) is 14.2 Å². The summed E-state index contributed by atoms with van der Waals surface area (Å²) >= 11 is 0. The number of pyridine rings is 2. The van der Waals surface area contributed by atoms with Crippen molar-refractivity contribution in [1.82, 2.24) is 9.97 Å². The Hall–Kier alpha value is -5.36. The number of hydrogen-bond donors (Lipinski definition) is 0. The summed E-state index contributed by atoms with van der Waals surface area (Å²) in [6.45, 7) is 7.70. The van der Waals surface area contributed by atoms with Gasteiger partial charge in [0.1, 0.15) is 11.5 Å². The van der Waals surface area contributed by atoms with Crippen LogP contribution in [0.3, 0.4) is 0 Å². The summed E-state index contributed by atoms with van der Waals surface area (Å²) in [7, 11) is 3.19. The predicted molar refractivity (Wildman–Crippen MR) is 175 cm³/mol. The van der Waals surface area contributed by atoms with Crippen LogP contribution in [-0.4, -0.2) is 35.8 Å². The van der Waals surface area contributed by atoms with Gasteiger partial charge in [0.05, 0.1) is 25.3 Å². The Labute approximate surface area is 257 Å². The van der Waals surface area contributed by atoms with E-state index in [0.717, 1.165) is 44.3 Å². The molecule has 0 saturated heterocycles. The van der Waals surface area contributed by atoms with E-state index >= 15 is 0 Å². The van der Waals surface area contributed by atoms with Crippen LogP contribution in [0.15, 0.2) is 97.1 Å². The van der Waals surface area contributed by atoms with Crippen molar-refractivity contribution in [3.05, 3.63) is 142 Å². The van der Waals surface area contributed by atoms with Crippen LogP contribution in [-0.2, 0) is 0 Å². The van der Waals surface area contributed by atoms with E-state index in [-0.39, 0.29) is 11.6 Å². The van der Waals surface area contributed by atoms with E-state index in [9.17, 15) is 9.59 Å². The fourth-order valence-electron chi connectivity index (χ4n) is 5.55. The molecule has 6 rings (SSSR count). The topological polar surface area (TPSA) is 78.4 Å². The van der Waals surface area contributed by atoms with Gasteiger partial charge >= 0.3 is 0 Å². The van der Waals surface area contributed by atoms with Crippen molar-refractivity contribution in [3.63, 3.8) is 0 Å². The van der Waals surface area contributed by atoms with Gasteiger partial charge in [-0.3, -0.25) is 19.6 Å². The van der Waals surface area contributed by atoms with Gasteiger partial charge in [-0.1, -0.05) is 72.8 Å². The minimum Gasteiger partial charge on any atom is -0.497 e. The smallest absolute Gasteiger partial charge is 0.195 e. The van der Waals surface area contributed by atoms with E-state index in [1.807, 2.05) is 100 Å². The van der Waals surface area contributed by atoms with Crippen LogP contribution >= 0.6 is 0 Å². The van der Waals surface area contributed by atoms with Gasteiger partial charge in [0, 0.05) is 44.7 Å². The highest BCUT2D eigenvalue weighted by Gasteiger charge is 2.19. The summed E-state index contributed by atoms with van der Waals surface area (Å²) in [5.41, 5.74) is 5.93. The number of ketones is 2. The third kappa shape index (κ3) is 5.92. The molecule has 0 fully saturated rings. The Kier molecular flexibility index (Phi) is 8.81. The lowest BCUT2D eigenvalue weighted by molar-refractivity contribution is 0.103. The SMILES string of the molecule is COc1cccc(C(=O)c2c(C)nc(C)c3ccccc23)c1.COc1cccc(C(=O)c2c(C)nc(C)c3ccccc23)c1. The van der Waals surface area contributed by atoms with Gasteiger partial charge in [-0.25, -0.2) is 0 Å². The molecule has 220 valence electrons. The van der Waals surface area contributed by atoms with Gasteiger partial charge in [-0.2, -0.15) is 0 Å². The molecule has 0 radical (unpaired) electrons. The summed E-state index contributed by atoms with van der Waals surface area (Å²) < 4.78 is 10.4. The largest absolute Gasteiger partial charge is 0.497 e. The molecule has 2 aromatic heterocycles. The van der Waals surface area contributed by atoms with Crippen LogP contribution in [0.25, 0.3) is 21.5 Å². The summed E-state index contributed by atoms with van der Waals surface area (Å²) in [6, 6.07) is 30.2. The number of rotatable bonds is 6. The van der Waals surface area contributed by atoms with Gasteiger partial charge in [0.15, 0.2) is 11.6 Å². The van der Waals surface area contributed by atoms with Crippen molar-refractivity contribution in [3.8, 4) is 11.5 Å². The number of carbonyl (C=O) groups is 2. The van der Waals surface area contributed by atoms with E-state index in [0.29, 0.717) is 33.8 Å². The molecule has 0 bridgehead atoms. The first kappa shape index (κ1) is 30.1. The molecular weight excluding hydrogens is 548 g/mol. The maximum absolute atomic E-state index is 13.0. The third-order valence-corrected chi connectivity index (χ3v) is 7.68. The summed E-state index contributed by atoms with van der Waals surface area (Å²) in [5.74, 6) is 1.29. The fraction of sp³-hybridized carbons (Fsp3) is 0.158. The van der Waals surface area contributed by atoms with Gasteiger partial charge in [-0.05, 0) is 62.7 Å². The number of methoxy groups -OCH3 is 2. The molecular formula is C38H34N2O4. The quantitative estimate of drug-likeness (QED) is 0.184. The molecule has 0 aliphatic carbocycles. The van der Waals surface area contributed by atoms with Crippen LogP contribution in [0.4, 0.5) is 0 Å². The van der Waals surface area contributed by atoms with E-state index in [2.05, 4.69) is 9.97 Å². The van der Waals surface area contributed by atoms with Crippen molar-refractivity contribution < 1.29 is 19.1 Å². The van der Waals surface area contributed by atoms with Crippen molar-refractivity contribution in [2.45, 2.75) is 27.7 Å². The molecule has 2 heterocycles. The van der Waals surface area contributed by atoms with E-state index in [1.54, 1.807) is 38.5 Å². The van der Waals surface area contributed by atoms with Crippen LogP contribution in [0, 0.1) is 27.7 Å². The lowest BCUT2D eigenvalue weighted by Gasteiger charge is -2.11. The molecule has 0 spiro atoms. The minimum absolute atomic E-state index is 0.0277. The molecule has 6 nitrogen and oxygen atoms in total. The van der Waals surface area contributed by atoms with E-state index < -0.39 is 0 Å². The number of carbonyl (C=O) groups excluding carboxylic acids is 2. The zero-order valence-corrected chi connectivity index (χ0v) is 25.8. The van der Waals surface area contributed by atoms with Crippen LogP contribution in [0.1, 0.15) is 54.6 Å². The number of aryl methyl sites for hydroxylation is 4. The Bertz CT molecular complexity index is 1880. The van der Waals surface area contributed by atoms with Crippen molar-refractivity contribution in [2.24, 2.45) is 0 Å². The highest BCUT2D eigenvalue weighted by molar-refractivity contribution is 6.18. The zero-order valence-electron chi connectivity index (χ0n) is 25.8. The number of ether oxygens (including phenoxy) is 2. The average Bonchev–Trinajstić information content (AvgIpc) is 3.05. The second-order valence-corrected chi connectivity index (χ2v) is 10.5. The normalized spacial score (nSPS) is 10.7. The number of hydrogen-bond acceptors (Lipinski definition) is 6. The molecule has 0 atom stereocenters. The Morgan fingerprint density at radius 3 is 1.20 bits per heavy atom. The molecule has 0 saturated carbocycles. The molecule has 0 aliphatic heterocycles. The second-order valence-electron chi connectivity index (χ2n) is 10.5. The van der Waals surface area contributed by atoms with Crippen LogP contribution < -0.4 is 9.47 Å². The molecule has 6 heteroatoms. The Morgan fingerprint density at radius 1 is 0.477 bits per heavy atom. The molecule has 0 aliphatic rings. The summed E-state index contributed by atoms with van der Waals surface area (Å²) in [5, 5.41) is 3.92. The molecule has 0 N–H and O–H groups in total. The Balaban J connectivity index is 0.000000175. The van der Waals surface area contributed by atoms with Gasteiger partial charge in [-0.15, -0.1) is 0 Å². The fourth-order valence-corrected chi connectivity index (χ4v) is 5.55. The molecule has 4 aromatic carbocycles. The number of benzene rings is 4. The highest BCUT2D eigenvalue weighted by atomic mass is 16.5. The molecule has 0 amide bonds. The van der Waals surface area contributed by atoms with Crippen molar-refractivity contribution >= 4 is 33.1 Å². The summed E-state index contributed by atoms with van der Waals surface area (Å²) in [6.07, 6.45) is 0. The van der Waals surface area contributed by atoms with E-state index in [4.69, 9.17) is 9.47 Å². The first-order valence-corrected chi connectivity index (χ1v) is 14.3. The first-order valence-electron chi connectivity index (χ1n) is 14.3. The first-order chi connectivity index (χ1) is 21.2. The van der Waals surface area contributed by atoms with Gasteiger partial charge in [0.2, 0.25) is 0 Å². The lowest BCUT2D eigenvalue weighted by atomic mass is 9.95. The zero-order chi connectivity index (χ0) is 31.4. The molecule has 6 aromatic rings. The van der Waals surface area contributed by atoms with Gasteiger partial charge in [0.25, 0.3) is 0 Å². The standard InChI is InChI=1S/2C19H17NO2/c2*1-12-16-9-4-5-10-17(16)18(13(2)20-12)19(21)14-7-6-8-15(11-14)22-3/h2*4-11H,1-3H3. The third-order valence-electron chi connectivity index (χ3n) is 7.68. The summed E-state index contributed by atoms with van der Waals surface area (Å²) in [4.78, 5) is 35.0.